The van der Waals surface area contributed by atoms with E-state index in [-0.39, 0.29) is 0 Å². The van der Waals surface area contributed by atoms with Crippen LogP contribution in [0.4, 0.5) is 0 Å². The Labute approximate surface area is 75.4 Å². The van der Waals surface area contributed by atoms with Crippen LogP contribution in [0.3, 0.4) is 0 Å². The molecule has 0 spiro atoms. The highest BCUT2D eigenvalue weighted by molar-refractivity contribution is 4.93. The Morgan fingerprint density at radius 3 is 2.42 bits per heavy atom. The first kappa shape index (κ1) is 11.5. The van der Waals surface area contributed by atoms with Gasteiger partial charge in [0.25, 0.3) is 0 Å². The van der Waals surface area contributed by atoms with Crippen LogP contribution in [-0.4, -0.2) is 19.3 Å². The molecule has 0 aromatic carbocycles. The summed E-state index contributed by atoms with van der Waals surface area (Å²) in [5, 5.41) is 6.36. The Morgan fingerprint density at radius 1 is 1.42 bits per heavy atom. The van der Waals surface area contributed by atoms with Crippen LogP contribution in [0.15, 0.2) is 12.3 Å². The van der Waals surface area contributed by atoms with E-state index in [0.717, 1.165) is 25.1 Å². The summed E-state index contributed by atoms with van der Waals surface area (Å²) in [6, 6.07) is 0.598. The van der Waals surface area contributed by atoms with Crippen molar-refractivity contribution in [2.75, 3.05) is 13.2 Å². The molecule has 0 unspecified atom stereocenters. The van der Waals surface area contributed by atoms with Crippen molar-refractivity contribution in [1.29, 1.82) is 0 Å². The normalized spacial score (nSPS) is 10.3. The Morgan fingerprint density at radius 2 is 2.00 bits per heavy atom. The number of rotatable bonds is 7. The van der Waals surface area contributed by atoms with Gasteiger partial charge in [-0.1, -0.05) is 20.4 Å². The fraction of sp³-hybridized carbons (Fsp3) is 0.778. The number of nitrogens with one attached hydrogen (secondary N) is 2. The minimum atomic E-state index is 0.462. The smallest absolute Gasteiger partial charge is 0.0625 e. The quantitative estimate of drug-likeness (QED) is 0.496. The van der Waals surface area contributed by atoms with Crippen LogP contribution in [0.1, 0.15) is 26.7 Å². The van der Waals surface area contributed by atoms with Gasteiger partial charge in [0.1, 0.15) is 0 Å². The van der Waals surface area contributed by atoms with Gasteiger partial charge in [-0.15, -0.1) is 0 Å². The van der Waals surface area contributed by atoms with Crippen LogP contribution < -0.4 is 16.4 Å². The Hall–Kier alpha value is -0.540. The number of nitrogens with two attached hydrogens (primary N) is 1. The van der Waals surface area contributed by atoms with E-state index in [1.807, 2.05) is 0 Å². The standard InChI is InChI=1S/C9H21N3/c1-4-9(5-2)11-6-8(3)12-7-10/h9,11-12H,3-7,10H2,1-2H3. The molecule has 72 valence electrons. The SMILES string of the molecule is C=C(CNC(CC)CC)NCN. The van der Waals surface area contributed by atoms with Crippen molar-refractivity contribution in [2.24, 2.45) is 5.73 Å². The van der Waals surface area contributed by atoms with Crippen molar-refractivity contribution >= 4 is 0 Å². The summed E-state index contributed by atoms with van der Waals surface area (Å²) in [6.45, 7) is 9.46. The molecule has 4 N–H and O–H groups in total. The van der Waals surface area contributed by atoms with E-state index in [2.05, 4.69) is 31.1 Å². The van der Waals surface area contributed by atoms with Crippen LogP contribution in [-0.2, 0) is 0 Å². The average molecular weight is 171 g/mol. The van der Waals surface area contributed by atoms with Crippen LogP contribution in [0.25, 0.3) is 0 Å². The van der Waals surface area contributed by atoms with Crippen molar-refractivity contribution < 1.29 is 0 Å². The van der Waals surface area contributed by atoms with Gasteiger partial charge in [-0.05, 0) is 12.8 Å². The molecule has 0 aromatic rings. The van der Waals surface area contributed by atoms with E-state index in [0.29, 0.717) is 12.7 Å². The highest BCUT2D eigenvalue weighted by Crippen LogP contribution is 1.95. The van der Waals surface area contributed by atoms with Gasteiger partial charge in [-0.3, -0.25) is 0 Å². The maximum absolute atomic E-state index is 5.30. The van der Waals surface area contributed by atoms with Gasteiger partial charge in [-0.2, -0.15) is 0 Å². The van der Waals surface area contributed by atoms with Crippen molar-refractivity contribution in [3.8, 4) is 0 Å². The molecule has 0 aliphatic heterocycles. The summed E-state index contributed by atoms with van der Waals surface area (Å²) in [6.07, 6.45) is 2.32. The first-order valence-electron chi connectivity index (χ1n) is 4.59. The number of hydrogen-bond acceptors (Lipinski definition) is 3. The zero-order chi connectivity index (χ0) is 9.40. The average Bonchev–Trinajstić information content (AvgIpc) is 2.07. The molecule has 0 aliphatic rings. The second-order valence-corrected chi connectivity index (χ2v) is 2.88. The second kappa shape index (κ2) is 7.13. The fourth-order valence-corrected chi connectivity index (χ4v) is 1.05. The van der Waals surface area contributed by atoms with E-state index in [1.54, 1.807) is 0 Å². The maximum Gasteiger partial charge on any atom is 0.0625 e. The molecular formula is C9H21N3. The lowest BCUT2D eigenvalue weighted by molar-refractivity contribution is 0.498. The molecule has 0 atom stereocenters. The monoisotopic (exact) mass is 171 g/mol. The zero-order valence-electron chi connectivity index (χ0n) is 8.19. The van der Waals surface area contributed by atoms with Gasteiger partial charge in [0.15, 0.2) is 0 Å². The predicted octanol–water partition coefficient (Wildman–Crippen LogP) is 0.784. The first-order chi connectivity index (χ1) is 5.74. The molecule has 0 heterocycles. The molecule has 3 nitrogen and oxygen atoms in total. The Bertz CT molecular complexity index is 119. The van der Waals surface area contributed by atoms with E-state index in [4.69, 9.17) is 5.73 Å². The third-order valence-corrected chi connectivity index (χ3v) is 1.94. The Balaban J connectivity index is 3.44. The van der Waals surface area contributed by atoms with Gasteiger partial charge in [0, 0.05) is 18.3 Å². The van der Waals surface area contributed by atoms with Gasteiger partial charge in [-0.25, -0.2) is 0 Å². The Kier molecular flexibility index (Phi) is 6.81. The zero-order valence-corrected chi connectivity index (χ0v) is 8.19. The van der Waals surface area contributed by atoms with Crippen molar-refractivity contribution in [3.05, 3.63) is 12.3 Å². The topological polar surface area (TPSA) is 50.1 Å². The molecule has 0 saturated carbocycles. The van der Waals surface area contributed by atoms with E-state index >= 15 is 0 Å². The summed E-state index contributed by atoms with van der Waals surface area (Å²) in [7, 11) is 0. The molecule has 0 rings (SSSR count). The minimum Gasteiger partial charge on any atom is -0.375 e. The van der Waals surface area contributed by atoms with E-state index in [9.17, 15) is 0 Å². The minimum absolute atomic E-state index is 0.462. The molecule has 0 aliphatic carbocycles. The summed E-state index contributed by atoms with van der Waals surface area (Å²) in [4.78, 5) is 0. The molecule has 0 amide bonds. The lowest BCUT2D eigenvalue weighted by Crippen LogP contribution is -2.34. The van der Waals surface area contributed by atoms with Crippen molar-refractivity contribution in [1.82, 2.24) is 10.6 Å². The molecule has 0 saturated heterocycles. The molecule has 0 bridgehead atoms. The summed E-state index contributed by atoms with van der Waals surface area (Å²) >= 11 is 0. The fourth-order valence-electron chi connectivity index (χ4n) is 1.05. The largest absolute Gasteiger partial charge is 0.375 e. The third-order valence-electron chi connectivity index (χ3n) is 1.94. The van der Waals surface area contributed by atoms with Gasteiger partial charge >= 0.3 is 0 Å². The van der Waals surface area contributed by atoms with E-state index in [1.165, 1.54) is 0 Å². The van der Waals surface area contributed by atoms with Crippen LogP contribution in [0, 0.1) is 0 Å². The molecule has 0 fully saturated rings. The third kappa shape index (κ3) is 5.16. The van der Waals surface area contributed by atoms with Crippen LogP contribution >= 0.6 is 0 Å². The highest BCUT2D eigenvalue weighted by Gasteiger charge is 2.01. The summed E-state index contributed by atoms with van der Waals surface area (Å²) < 4.78 is 0. The summed E-state index contributed by atoms with van der Waals surface area (Å²) in [5.41, 5.74) is 6.26. The van der Waals surface area contributed by atoms with Crippen molar-refractivity contribution in [2.45, 2.75) is 32.7 Å². The highest BCUT2D eigenvalue weighted by atomic mass is 15.0. The van der Waals surface area contributed by atoms with Crippen LogP contribution in [0.2, 0.25) is 0 Å². The van der Waals surface area contributed by atoms with E-state index < -0.39 is 0 Å². The van der Waals surface area contributed by atoms with Crippen LogP contribution in [0.5, 0.6) is 0 Å². The number of hydrogen-bond donors (Lipinski definition) is 3. The first-order valence-corrected chi connectivity index (χ1v) is 4.59. The lowest BCUT2D eigenvalue weighted by Gasteiger charge is -2.16. The summed E-state index contributed by atoms with van der Waals surface area (Å²) in [5.74, 6) is 0. The van der Waals surface area contributed by atoms with Gasteiger partial charge in [0.2, 0.25) is 0 Å². The van der Waals surface area contributed by atoms with Crippen molar-refractivity contribution in [3.63, 3.8) is 0 Å². The molecule has 3 heteroatoms. The molecule has 12 heavy (non-hydrogen) atoms. The maximum atomic E-state index is 5.30. The van der Waals surface area contributed by atoms with Gasteiger partial charge in [0.05, 0.1) is 6.67 Å². The predicted molar refractivity (Wildman–Crippen MR) is 53.7 cm³/mol. The lowest BCUT2D eigenvalue weighted by atomic mass is 10.2. The molecular weight excluding hydrogens is 150 g/mol. The van der Waals surface area contributed by atoms with Gasteiger partial charge < -0.3 is 16.4 Å². The second-order valence-electron chi connectivity index (χ2n) is 2.88. The molecule has 0 aromatic heterocycles. The molecule has 0 radical (unpaired) electrons.